The lowest BCUT2D eigenvalue weighted by molar-refractivity contribution is -0.137. The summed E-state index contributed by atoms with van der Waals surface area (Å²) in [5.74, 6) is -0.711. The van der Waals surface area contributed by atoms with Crippen LogP contribution in [0.3, 0.4) is 0 Å². The summed E-state index contributed by atoms with van der Waals surface area (Å²) in [6, 6.07) is 4.73. The molecule has 2 atom stereocenters. The second kappa shape index (κ2) is 10.0. The Bertz CT molecular complexity index is 1250. The normalized spacial score (nSPS) is 18.4. The van der Waals surface area contributed by atoms with Gasteiger partial charge in [-0.3, -0.25) is 9.59 Å². The zero-order valence-electron chi connectivity index (χ0n) is 16.9. The molecule has 4 rings (SSSR count). The summed E-state index contributed by atoms with van der Waals surface area (Å²) in [6.07, 6.45) is 4.36. The number of benzene rings is 1. The maximum Gasteiger partial charge on any atom is 0.303 e. The van der Waals surface area contributed by atoms with E-state index >= 15 is 0 Å². The van der Waals surface area contributed by atoms with Gasteiger partial charge in [-0.25, -0.2) is 8.42 Å². The highest BCUT2D eigenvalue weighted by Gasteiger charge is 2.35. The molecular weight excluding hydrogens is 465 g/mol. The summed E-state index contributed by atoms with van der Waals surface area (Å²) in [7, 11) is -3.57. The van der Waals surface area contributed by atoms with E-state index in [9.17, 15) is 18.0 Å². The van der Waals surface area contributed by atoms with Crippen LogP contribution in [0.2, 0.25) is 5.02 Å². The fourth-order valence-corrected chi connectivity index (χ4v) is 6.12. The SMILES string of the molecule is CCCC(=O)O.Cl.NC1CC[C@H](S(=O)(=O)c2cc3c(cc2Cl)[nH]c(=O)c2[nH]ccc23)C1. The second-order valence-electron chi connectivity index (χ2n) is 7.43. The molecule has 0 saturated heterocycles. The Morgan fingerprint density at radius 1 is 1.29 bits per heavy atom. The Kier molecular flexibility index (Phi) is 8.15. The first kappa shape index (κ1) is 25.2. The van der Waals surface area contributed by atoms with E-state index in [1.165, 1.54) is 6.07 Å². The van der Waals surface area contributed by atoms with E-state index in [-0.39, 0.29) is 33.9 Å². The Balaban J connectivity index is 0.000000433. The van der Waals surface area contributed by atoms with Gasteiger partial charge in [-0.2, -0.15) is 0 Å². The predicted octanol–water partition coefficient (Wildman–Crippen LogP) is 3.61. The van der Waals surface area contributed by atoms with Crippen molar-refractivity contribution in [1.82, 2.24) is 9.97 Å². The number of carboxylic acid groups (broad SMARTS) is 1. The molecule has 0 bridgehead atoms. The van der Waals surface area contributed by atoms with E-state index < -0.39 is 21.1 Å². The van der Waals surface area contributed by atoms with Crippen LogP contribution in [0, 0.1) is 0 Å². The Morgan fingerprint density at radius 3 is 2.55 bits per heavy atom. The molecule has 1 aromatic carbocycles. The largest absolute Gasteiger partial charge is 0.481 e. The van der Waals surface area contributed by atoms with Gasteiger partial charge in [0, 0.05) is 29.4 Å². The number of rotatable bonds is 4. The molecule has 1 fully saturated rings. The van der Waals surface area contributed by atoms with E-state index in [0.717, 1.165) is 6.42 Å². The van der Waals surface area contributed by atoms with Crippen molar-refractivity contribution in [3.05, 3.63) is 39.8 Å². The molecule has 1 aliphatic rings. The van der Waals surface area contributed by atoms with Crippen molar-refractivity contribution in [2.45, 2.75) is 55.2 Å². The van der Waals surface area contributed by atoms with Crippen LogP contribution in [-0.2, 0) is 14.6 Å². The van der Waals surface area contributed by atoms with Gasteiger partial charge < -0.3 is 20.8 Å². The summed E-state index contributed by atoms with van der Waals surface area (Å²) in [5, 5.41) is 8.85. The number of aliphatic carboxylic acids is 1. The van der Waals surface area contributed by atoms with Crippen molar-refractivity contribution >= 4 is 61.6 Å². The average molecular weight is 490 g/mol. The smallest absolute Gasteiger partial charge is 0.303 e. The first-order valence-corrected chi connectivity index (χ1v) is 11.6. The number of carbonyl (C=O) groups is 1. The number of hydrogen-bond acceptors (Lipinski definition) is 5. The summed E-state index contributed by atoms with van der Waals surface area (Å²) < 4.78 is 25.9. The average Bonchev–Trinajstić information content (AvgIpc) is 3.31. The summed E-state index contributed by atoms with van der Waals surface area (Å²) in [6.45, 7) is 1.84. The van der Waals surface area contributed by atoms with Gasteiger partial charge in [-0.1, -0.05) is 18.5 Å². The zero-order chi connectivity index (χ0) is 22.1. The standard InChI is InChI=1S/C16H16ClN3O3S.C4H8O2.ClH/c17-12-7-13-11(10-3-4-19-15(10)16(21)20-13)6-14(12)24(22,23)9-2-1-8(18)5-9;1-2-3-4(5)6;/h3-4,6-9,19H,1-2,5,18H2,(H,20,21);2-3H2,1H3,(H,5,6);1H/t8?,9-;;/m0../s1. The van der Waals surface area contributed by atoms with Gasteiger partial charge in [0.1, 0.15) is 5.52 Å². The van der Waals surface area contributed by atoms with Crippen LogP contribution >= 0.6 is 24.0 Å². The number of nitrogens with one attached hydrogen (secondary N) is 2. The van der Waals surface area contributed by atoms with Crippen molar-refractivity contribution in [2.24, 2.45) is 5.73 Å². The molecule has 1 aliphatic carbocycles. The van der Waals surface area contributed by atoms with Crippen LogP contribution < -0.4 is 11.3 Å². The molecule has 2 aromatic heterocycles. The number of sulfone groups is 1. The van der Waals surface area contributed by atoms with Gasteiger partial charge in [0.2, 0.25) is 0 Å². The molecule has 0 aliphatic heterocycles. The van der Waals surface area contributed by atoms with Crippen molar-refractivity contribution < 1.29 is 18.3 Å². The minimum atomic E-state index is -3.57. The fraction of sp³-hybridized carbons (Fsp3) is 0.400. The lowest BCUT2D eigenvalue weighted by atomic mass is 10.1. The van der Waals surface area contributed by atoms with Crippen molar-refractivity contribution in [3.63, 3.8) is 0 Å². The number of hydrogen-bond donors (Lipinski definition) is 4. The Hall–Kier alpha value is -2.07. The quantitative estimate of drug-likeness (QED) is 0.440. The molecule has 3 aromatic rings. The molecule has 1 saturated carbocycles. The number of halogens is 2. The molecule has 0 radical (unpaired) electrons. The van der Waals surface area contributed by atoms with Crippen molar-refractivity contribution in [3.8, 4) is 0 Å². The summed E-state index contributed by atoms with van der Waals surface area (Å²) in [5.41, 5.74) is 6.52. The number of nitrogens with two attached hydrogens (primary N) is 1. The van der Waals surface area contributed by atoms with E-state index in [2.05, 4.69) is 9.97 Å². The molecule has 170 valence electrons. The van der Waals surface area contributed by atoms with Gasteiger partial charge in [-0.05, 0) is 43.9 Å². The minimum absolute atomic E-state index is 0. The molecule has 1 unspecified atom stereocenters. The minimum Gasteiger partial charge on any atom is -0.481 e. The lowest BCUT2D eigenvalue weighted by Gasteiger charge is -2.14. The van der Waals surface area contributed by atoms with Crippen LogP contribution in [0.4, 0.5) is 0 Å². The molecule has 11 heteroatoms. The fourth-order valence-electron chi connectivity index (χ4n) is 3.71. The first-order valence-electron chi connectivity index (χ1n) is 9.69. The first-order chi connectivity index (χ1) is 14.1. The van der Waals surface area contributed by atoms with Crippen LogP contribution in [0.1, 0.15) is 39.0 Å². The number of aromatic amines is 2. The molecule has 31 heavy (non-hydrogen) atoms. The highest BCUT2D eigenvalue weighted by molar-refractivity contribution is 7.92. The highest BCUT2D eigenvalue weighted by atomic mass is 35.5. The summed E-state index contributed by atoms with van der Waals surface area (Å²) in [4.78, 5) is 27.3. The van der Waals surface area contributed by atoms with E-state index in [0.29, 0.717) is 47.5 Å². The topological polar surface area (TPSA) is 146 Å². The number of H-pyrrole nitrogens is 2. The highest BCUT2D eigenvalue weighted by Crippen LogP contribution is 2.35. The van der Waals surface area contributed by atoms with Crippen molar-refractivity contribution in [1.29, 1.82) is 0 Å². The number of fused-ring (bicyclic) bond motifs is 3. The third-order valence-corrected chi connectivity index (χ3v) is 7.90. The van der Waals surface area contributed by atoms with Gasteiger partial charge in [0.05, 0.1) is 20.7 Å². The second-order valence-corrected chi connectivity index (χ2v) is 10.0. The monoisotopic (exact) mass is 489 g/mol. The van der Waals surface area contributed by atoms with E-state index in [4.69, 9.17) is 22.4 Å². The van der Waals surface area contributed by atoms with E-state index in [1.807, 2.05) is 6.92 Å². The molecule has 2 heterocycles. The Labute approximate surface area is 190 Å². The lowest BCUT2D eigenvalue weighted by Crippen LogP contribution is -2.22. The zero-order valence-corrected chi connectivity index (χ0v) is 19.2. The third kappa shape index (κ3) is 5.23. The van der Waals surface area contributed by atoms with Gasteiger partial charge in [0.25, 0.3) is 5.56 Å². The van der Waals surface area contributed by atoms with Crippen molar-refractivity contribution in [2.75, 3.05) is 0 Å². The number of carboxylic acids is 1. The third-order valence-electron chi connectivity index (χ3n) is 5.22. The molecule has 8 nitrogen and oxygen atoms in total. The van der Waals surface area contributed by atoms with Gasteiger partial charge >= 0.3 is 5.97 Å². The van der Waals surface area contributed by atoms with Crippen LogP contribution in [-0.4, -0.2) is 40.8 Å². The molecule has 0 spiro atoms. The Morgan fingerprint density at radius 2 is 2.00 bits per heavy atom. The van der Waals surface area contributed by atoms with Crippen LogP contribution in [0.15, 0.2) is 34.1 Å². The predicted molar refractivity (Wildman–Crippen MR) is 124 cm³/mol. The maximum atomic E-state index is 13.0. The molecule has 5 N–H and O–H groups in total. The van der Waals surface area contributed by atoms with Crippen LogP contribution in [0.5, 0.6) is 0 Å². The van der Waals surface area contributed by atoms with Gasteiger partial charge in [-0.15, -0.1) is 12.4 Å². The van der Waals surface area contributed by atoms with Gasteiger partial charge in [0.15, 0.2) is 9.84 Å². The molecule has 0 amide bonds. The number of aromatic nitrogens is 2. The van der Waals surface area contributed by atoms with Crippen LogP contribution in [0.25, 0.3) is 21.8 Å². The maximum absolute atomic E-state index is 13.0. The van der Waals surface area contributed by atoms with E-state index in [1.54, 1.807) is 18.3 Å². The molecular formula is C20H25Cl2N3O5S. The summed E-state index contributed by atoms with van der Waals surface area (Å²) >= 11 is 6.24. The number of pyridine rings is 1.